The number of carbonyl (C=O) groups is 2. The number of aliphatic carboxylic acids is 1. The molecule has 2 atom stereocenters. The van der Waals surface area contributed by atoms with Crippen molar-refractivity contribution in [3.8, 4) is 0 Å². The molecular formula is C9H18N2O4. The maximum atomic E-state index is 11.4. The zero-order valence-corrected chi connectivity index (χ0v) is 9.19. The van der Waals surface area contributed by atoms with Gasteiger partial charge in [0.2, 0.25) is 5.91 Å². The molecule has 0 aromatic carbocycles. The van der Waals surface area contributed by atoms with Gasteiger partial charge in [0.15, 0.2) is 0 Å². The molecule has 0 radical (unpaired) electrons. The summed E-state index contributed by atoms with van der Waals surface area (Å²) in [5, 5.41) is 11.2. The van der Waals surface area contributed by atoms with Gasteiger partial charge in [0.05, 0.1) is 6.61 Å². The van der Waals surface area contributed by atoms with Gasteiger partial charge >= 0.3 is 5.97 Å². The number of carboxylic acid groups (broad SMARTS) is 1. The van der Waals surface area contributed by atoms with E-state index < -0.39 is 24.0 Å². The fourth-order valence-corrected chi connectivity index (χ4v) is 1.03. The third-order valence-corrected chi connectivity index (χ3v) is 1.91. The van der Waals surface area contributed by atoms with E-state index in [1.165, 1.54) is 7.11 Å². The second-order valence-electron chi connectivity index (χ2n) is 3.63. The summed E-state index contributed by atoms with van der Waals surface area (Å²) in [6.45, 7) is 3.48. The Labute approximate surface area is 88.8 Å². The first-order valence-corrected chi connectivity index (χ1v) is 4.67. The third kappa shape index (κ3) is 4.75. The van der Waals surface area contributed by atoms with Gasteiger partial charge in [-0.05, 0) is 5.92 Å². The zero-order chi connectivity index (χ0) is 12.0. The van der Waals surface area contributed by atoms with Crippen molar-refractivity contribution in [2.24, 2.45) is 11.7 Å². The molecule has 0 bridgehead atoms. The number of ether oxygens (including phenoxy) is 1. The summed E-state index contributed by atoms with van der Waals surface area (Å²) in [6, 6.07) is -1.75. The molecule has 0 aromatic rings. The molecule has 0 saturated carbocycles. The van der Waals surface area contributed by atoms with Gasteiger partial charge < -0.3 is 20.9 Å². The van der Waals surface area contributed by atoms with Gasteiger partial charge in [-0.1, -0.05) is 13.8 Å². The van der Waals surface area contributed by atoms with Crippen LogP contribution < -0.4 is 11.1 Å². The Morgan fingerprint density at radius 1 is 1.47 bits per heavy atom. The van der Waals surface area contributed by atoms with Gasteiger partial charge in [0.1, 0.15) is 12.1 Å². The normalized spacial score (nSPS) is 14.7. The lowest BCUT2D eigenvalue weighted by atomic mass is 10.0. The summed E-state index contributed by atoms with van der Waals surface area (Å²) in [5.74, 6) is -1.78. The van der Waals surface area contributed by atoms with Gasteiger partial charge in [-0.2, -0.15) is 0 Å². The number of carboxylic acids is 1. The standard InChI is InChI=1S/C9H18N2O4/c1-5(2)7(9(13)14)11-8(12)6(10)4-15-3/h5-7H,4,10H2,1-3H3,(H,11,12)(H,13,14)/t6-,7-/m0/s1. The van der Waals surface area contributed by atoms with Gasteiger partial charge in [-0.15, -0.1) is 0 Å². The average Bonchev–Trinajstić information content (AvgIpc) is 2.12. The number of rotatable bonds is 6. The van der Waals surface area contributed by atoms with Gasteiger partial charge in [0, 0.05) is 7.11 Å². The van der Waals surface area contributed by atoms with Crippen LogP contribution in [0.5, 0.6) is 0 Å². The van der Waals surface area contributed by atoms with Gasteiger partial charge in [0.25, 0.3) is 0 Å². The number of nitrogens with one attached hydrogen (secondary N) is 1. The van der Waals surface area contributed by atoms with Gasteiger partial charge in [-0.25, -0.2) is 4.79 Å². The number of carbonyl (C=O) groups excluding carboxylic acids is 1. The SMILES string of the molecule is COC[C@H](N)C(=O)N[C@H](C(=O)O)C(C)C. The minimum absolute atomic E-state index is 0.0657. The van der Waals surface area contributed by atoms with Crippen LogP contribution in [-0.4, -0.2) is 42.8 Å². The minimum Gasteiger partial charge on any atom is -0.480 e. The van der Waals surface area contributed by atoms with Crippen LogP contribution in [0.1, 0.15) is 13.8 Å². The van der Waals surface area contributed by atoms with E-state index in [2.05, 4.69) is 5.32 Å². The molecule has 0 spiro atoms. The van der Waals surface area contributed by atoms with Crippen molar-refractivity contribution in [1.29, 1.82) is 0 Å². The van der Waals surface area contributed by atoms with Crippen LogP contribution in [0.15, 0.2) is 0 Å². The summed E-state index contributed by atoms with van der Waals surface area (Å²) in [7, 11) is 1.42. The first-order chi connectivity index (χ1) is 6.90. The maximum absolute atomic E-state index is 11.4. The fourth-order valence-electron chi connectivity index (χ4n) is 1.03. The maximum Gasteiger partial charge on any atom is 0.326 e. The van der Waals surface area contributed by atoms with Gasteiger partial charge in [-0.3, -0.25) is 4.79 Å². The molecule has 4 N–H and O–H groups in total. The Bertz CT molecular complexity index is 230. The molecule has 0 aliphatic heterocycles. The molecule has 1 amide bonds. The predicted octanol–water partition coefficient (Wildman–Crippen LogP) is -0.814. The van der Waals surface area contributed by atoms with E-state index in [4.69, 9.17) is 15.6 Å². The molecular weight excluding hydrogens is 200 g/mol. The Kier molecular flexibility index (Phi) is 5.88. The molecule has 0 heterocycles. The van der Waals surface area contributed by atoms with Crippen molar-refractivity contribution < 1.29 is 19.4 Å². The number of hydrogen-bond acceptors (Lipinski definition) is 4. The Balaban J connectivity index is 4.29. The summed E-state index contributed by atoms with van der Waals surface area (Å²) < 4.78 is 4.69. The van der Waals surface area contributed by atoms with Crippen molar-refractivity contribution in [1.82, 2.24) is 5.32 Å². The minimum atomic E-state index is -1.07. The van der Waals surface area contributed by atoms with Crippen molar-refractivity contribution >= 4 is 11.9 Å². The number of nitrogens with two attached hydrogens (primary N) is 1. The van der Waals surface area contributed by atoms with E-state index in [0.717, 1.165) is 0 Å². The molecule has 0 aliphatic rings. The second-order valence-corrected chi connectivity index (χ2v) is 3.63. The number of hydrogen-bond donors (Lipinski definition) is 3. The van der Waals surface area contributed by atoms with E-state index in [0.29, 0.717) is 0 Å². The highest BCUT2D eigenvalue weighted by Gasteiger charge is 2.25. The van der Waals surface area contributed by atoms with E-state index in [1.54, 1.807) is 13.8 Å². The summed E-state index contributed by atoms with van der Waals surface area (Å²) in [6.07, 6.45) is 0. The van der Waals surface area contributed by atoms with E-state index in [9.17, 15) is 9.59 Å². The van der Waals surface area contributed by atoms with Crippen molar-refractivity contribution in [2.75, 3.05) is 13.7 Å². The highest BCUT2D eigenvalue weighted by Crippen LogP contribution is 2.01. The first kappa shape index (κ1) is 13.9. The lowest BCUT2D eigenvalue weighted by Gasteiger charge is -2.20. The average molecular weight is 218 g/mol. The van der Waals surface area contributed by atoms with Crippen LogP contribution in [0, 0.1) is 5.92 Å². The first-order valence-electron chi connectivity index (χ1n) is 4.67. The summed E-state index contributed by atoms with van der Waals surface area (Å²) >= 11 is 0. The predicted molar refractivity (Wildman–Crippen MR) is 54.3 cm³/mol. The molecule has 0 aromatic heterocycles. The Morgan fingerprint density at radius 2 is 2.00 bits per heavy atom. The van der Waals surface area contributed by atoms with E-state index >= 15 is 0 Å². The highest BCUT2D eigenvalue weighted by atomic mass is 16.5. The zero-order valence-electron chi connectivity index (χ0n) is 9.19. The molecule has 0 fully saturated rings. The number of amides is 1. The van der Waals surface area contributed by atoms with Crippen molar-refractivity contribution in [2.45, 2.75) is 25.9 Å². The fraction of sp³-hybridized carbons (Fsp3) is 0.778. The third-order valence-electron chi connectivity index (χ3n) is 1.91. The number of methoxy groups -OCH3 is 1. The van der Waals surface area contributed by atoms with E-state index in [-0.39, 0.29) is 12.5 Å². The summed E-state index contributed by atoms with van der Waals surface area (Å²) in [5.41, 5.74) is 5.45. The largest absolute Gasteiger partial charge is 0.480 e. The van der Waals surface area contributed by atoms with Crippen LogP contribution in [-0.2, 0) is 14.3 Å². The smallest absolute Gasteiger partial charge is 0.326 e. The van der Waals surface area contributed by atoms with Crippen LogP contribution in [0.2, 0.25) is 0 Å². The van der Waals surface area contributed by atoms with E-state index in [1.807, 2.05) is 0 Å². The summed E-state index contributed by atoms with van der Waals surface area (Å²) in [4.78, 5) is 22.1. The van der Waals surface area contributed by atoms with Crippen molar-refractivity contribution in [3.63, 3.8) is 0 Å². The molecule has 6 heteroatoms. The quantitative estimate of drug-likeness (QED) is 0.541. The van der Waals surface area contributed by atoms with Crippen LogP contribution in [0.4, 0.5) is 0 Å². The van der Waals surface area contributed by atoms with Crippen LogP contribution in [0.3, 0.4) is 0 Å². The second kappa shape index (κ2) is 6.36. The molecule has 0 rings (SSSR count). The van der Waals surface area contributed by atoms with Crippen LogP contribution in [0.25, 0.3) is 0 Å². The lowest BCUT2D eigenvalue weighted by Crippen LogP contribution is -2.51. The monoisotopic (exact) mass is 218 g/mol. The van der Waals surface area contributed by atoms with Crippen molar-refractivity contribution in [3.05, 3.63) is 0 Å². The Morgan fingerprint density at radius 3 is 2.33 bits per heavy atom. The molecule has 0 saturated heterocycles. The molecule has 88 valence electrons. The topological polar surface area (TPSA) is 102 Å². The molecule has 6 nitrogen and oxygen atoms in total. The molecule has 0 aliphatic carbocycles. The molecule has 0 unspecified atom stereocenters. The molecule has 15 heavy (non-hydrogen) atoms. The van der Waals surface area contributed by atoms with Crippen LogP contribution >= 0.6 is 0 Å². The highest BCUT2D eigenvalue weighted by molar-refractivity contribution is 5.86. The Hall–Kier alpha value is -1.14. The lowest BCUT2D eigenvalue weighted by molar-refractivity contribution is -0.143.